The number of carbonyl (C=O) groups is 1. The van der Waals surface area contributed by atoms with Gasteiger partial charge in [0.05, 0.1) is 18.7 Å². The first-order chi connectivity index (χ1) is 13.7. The standard InChI is InChI=1S/C24H31NO3/c1-3-27-24(26)17-11-9-7-5-4-6-8-10-14-18-28-23-19-20(2)21-15-12-13-16-22(21)25-23/h7,9,11-13,15-17,19H,3-6,8,10,14,18H2,1-2H3. The highest BCUT2D eigenvalue weighted by molar-refractivity contribution is 5.82. The summed E-state index contributed by atoms with van der Waals surface area (Å²) >= 11 is 0. The number of ether oxygens (including phenoxy) is 2. The zero-order valence-electron chi connectivity index (χ0n) is 17.0. The van der Waals surface area contributed by atoms with E-state index < -0.39 is 0 Å². The van der Waals surface area contributed by atoms with E-state index in [1.807, 2.05) is 30.3 Å². The molecule has 0 atom stereocenters. The van der Waals surface area contributed by atoms with Crippen molar-refractivity contribution in [2.24, 2.45) is 0 Å². The van der Waals surface area contributed by atoms with Gasteiger partial charge in [0.25, 0.3) is 0 Å². The second-order valence-corrected chi connectivity index (χ2v) is 6.74. The van der Waals surface area contributed by atoms with Gasteiger partial charge < -0.3 is 9.47 Å². The molecule has 2 rings (SSSR count). The Balaban J connectivity index is 1.53. The predicted molar refractivity (Wildman–Crippen MR) is 115 cm³/mol. The van der Waals surface area contributed by atoms with Crippen LogP contribution < -0.4 is 4.74 Å². The van der Waals surface area contributed by atoms with Crippen LogP contribution in [0.3, 0.4) is 0 Å². The van der Waals surface area contributed by atoms with Crippen LogP contribution in [0.1, 0.15) is 51.0 Å². The highest BCUT2D eigenvalue weighted by Crippen LogP contribution is 2.21. The molecule has 0 saturated carbocycles. The lowest BCUT2D eigenvalue weighted by Crippen LogP contribution is -2.00. The molecule has 0 saturated heterocycles. The van der Waals surface area contributed by atoms with E-state index in [0.717, 1.165) is 30.7 Å². The molecule has 28 heavy (non-hydrogen) atoms. The lowest BCUT2D eigenvalue weighted by Gasteiger charge is -2.08. The number of benzene rings is 1. The second-order valence-electron chi connectivity index (χ2n) is 6.74. The Morgan fingerprint density at radius 1 is 1.07 bits per heavy atom. The minimum atomic E-state index is -0.289. The number of esters is 1. The fraction of sp³-hybridized carbons (Fsp3) is 0.417. The Morgan fingerprint density at radius 2 is 1.86 bits per heavy atom. The highest BCUT2D eigenvalue weighted by atomic mass is 16.5. The number of fused-ring (bicyclic) bond motifs is 1. The summed E-state index contributed by atoms with van der Waals surface area (Å²) in [6.07, 6.45) is 14.0. The quantitative estimate of drug-likeness (QED) is 0.198. The molecule has 1 aromatic carbocycles. The normalized spacial score (nSPS) is 11.5. The number of aryl methyl sites for hydroxylation is 1. The van der Waals surface area contributed by atoms with E-state index in [0.29, 0.717) is 13.2 Å². The van der Waals surface area contributed by atoms with Crippen molar-refractivity contribution in [3.8, 4) is 5.88 Å². The fourth-order valence-electron chi connectivity index (χ4n) is 2.96. The molecule has 0 N–H and O–H groups in total. The van der Waals surface area contributed by atoms with Crippen molar-refractivity contribution in [1.82, 2.24) is 4.98 Å². The van der Waals surface area contributed by atoms with Gasteiger partial charge in [0, 0.05) is 17.5 Å². The molecule has 4 heteroatoms. The van der Waals surface area contributed by atoms with E-state index in [-0.39, 0.29) is 5.97 Å². The van der Waals surface area contributed by atoms with Gasteiger partial charge in [-0.25, -0.2) is 9.78 Å². The van der Waals surface area contributed by atoms with Crippen LogP contribution in [0.25, 0.3) is 10.9 Å². The van der Waals surface area contributed by atoms with E-state index in [9.17, 15) is 4.79 Å². The molecule has 0 amide bonds. The molecule has 1 heterocycles. The van der Waals surface area contributed by atoms with Gasteiger partial charge in [-0.2, -0.15) is 0 Å². The average Bonchev–Trinajstić information content (AvgIpc) is 2.69. The van der Waals surface area contributed by atoms with Crippen LogP contribution in [-0.4, -0.2) is 24.2 Å². The molecule has 1 aromatic heterocycles. The Bertz CT molecular complexity index is 796. The van der Waals surface area contributed by atoms with Crippen LogP contribution in [-0.2, 0) is 9.53 Å². The van der Waals surface area contributed by atoms with Crippen LogP contribution in [0.4, 0.5) is 0 Å². The van der Waals surface area contributed by atoms with Gasteiger partial charge in [-0.15, -0.1) is 0 Å². The minimum absolute atomic E-state index is 0.289. The Hall–Kier alpha value is -2.62. The summed E-state index contributed by atoms with van der Waals surface area (Å²) in [6, 6.07) is 10.2. The maximum Gasteiger partial charge on any atom is 0.330 e. The third-order valence-electron chi connectivity index (χ3n) is 4.43. The van der Waals surface area contributed by atoms with E-state index >= 15 is 0 Å². The Morgan fingerprint density at radius 3 is 2.71 bits per heavy atom. The third kappa shape index (κ3) is 7.95. The van der Waals surface area contributed by atoms with Gasteiger partial charge in [0.2, 0.25) is 5.88 Å². The topological polar surface area (TPSA) is 48.4 Å². The summed E-state index contributed by atoms with van der Waals surface area (Å²) in [5.41, 5.74) is 2.19. The number of carbonyl (C=O) groups excluding carboxylic acids is 1. The number of pyridine rings is 1. The predicted octanol–water partition coefficient (Wildman–Crippen LogP) is 5.94. The molecule has 2 aromatic rings. The van der Waals surface area contributed by atoms with Crippen LogP contribution in [0.5, 0.6) is 5.88 Å². The average molecular weight is 382 g/mol. The smallest absolute Gasteiger partial charge is 0.330 e. The van der Waals surface area contributed by atoms with Crippen molar-refractivity contribution >= 4 is 16.9 Å². The number of allylic oxidation sites excluding steroid dienone is 3. The molecule has 0 aliphatic rings. The van der Waals surface area contributed by atoms with Gasteiger partial charge in [0.1, 0.15) is 0 Å². The van der Waals surface area contributed by atoms with Gasteiger partial charge in [-0.1, -0.05) is 55.7 Å². The van der Waals surface area contributed by atoms with Gasteiger partial charge >= 0.3 is 5.97 Å². The zero-order valence-corrected chi connectivity index (χ0v) is 17.0. The maximum atomic E-state index is 11.1. The van der Waals surface area contributed by atoms with Crippen molar-refractivity contribution in [3.05, 3.63) is 60.2 Å². The van der Waals surface area contributed by atoms with Crippen LogP contribution in [0.15, 0.2) is 54.6 Å². The third-order valence-corrected chi connectivity index (χ3v) is 4.43. The number of hydrogen-bond donors (Lipinski definition) is 0. The Kier molecular flexibility index (Phi) is 9.84. The fourth-order valence-corrected chi connectivity index (χ4v) is 2.96. The summed E-state index contributed by atoms with van der Waals surface area (Å²) in [5, 5.41) is 1.18. The van der Waals surface area contributed by atoms with Crippen LogP contribution in [0, 0.1) is 6.92 Å². The largest absolute Gasteiger partial charge is 0.478 e. The number of aromatic nitrogens is 1. The molecule has 4 nitrogen and oxygen atoms in total. The zero-order chi connectivity index (χ0) is 20.0. The summed E-state index contributed by atoms with van der Waals surface area (Å²) in [7, 11) is 0. The molecule has 0 fully saturated rings. The van der Waals surface area contributed by atoms with Gasteiger partial charge in [-0.05, 0) is 44.7 Å². The number of rotatable bonds is 12. The van der Waals surface area contributed by atoms with E-state index in [4.69, 9.17) is 9.47 Å². The number of nitrogens with zero attached hydrogens (tertiary/aromatic N) is 1. The molecule has 0 spiro atoms. The summed E-state index contributed by atoms with van der Waals surface area (Å²) < 4.78 is 10.6. The van der Waals surface area contributed by atoms with E-state index in [1.165, 1.54) is 36.3 Å². The second kappa shape index (κ2) is 12.7. The van der Waals surface area contributed by atoms with Crippen molar-refractivity contribution in [2.45, 2.75) is 52.4 Å². The first-order valence-corrected chi connectivity index (χ1v) is 10.2. The first-order valence-electron chi connectivity index (χ1n) is 10.2. The maximum absolute atomic E-state index is 11.1. The lowest BCUT2D eigenvalue weighted by molar-refractivity contribution is -0.137. The monoisotopic (exact) mass is 381 g/mol. The summed E-state index contributed by atoms with van der Waals surface area (Å²) in [5.74, 6) is 0.431. The van der Waals surface area contributed by atoms with Crippen molar-refractivity contribution in [2.75, 3.05) is 13.2 Å². The first kappa shape index (κ1) is 21.7. The summed E-state index contributed by atoms with van der Waals surface area (Å²) in [4.78, 5) is 15.7. The van der Waals surface area contributed by atoms with Crippen molar-refractivity contribution in [3.63, 3.8) is 0 Å². The molecule has 0 radical (unpaired) electrons. The number of para-hydroxylation sites is 1. The van der Waals surface area contributed by atoms with E-state index in [2.05, 4.69) is 24.1 Å². The van der Waals surface area contributed by atoms with Gasteiger partial charge in [0.15, 0.2) is 0 Å². The van der Waals surface area contributed by atoms with Crippen molar-refractivity contribution in [1.29, 1.82) is 0 Å². The molecular formula is C24H31NO3. The Labute approximate surface area is 168 Å². The molecular weight excluding hydrogens is 350 g/mol. The van der Waals surface area contributed by atoms with Gasteiger partial charge in [-0.3, -0.25) is 0 Å². The molecule has 0 aliphatic heterocycles. The highest BCUT2D eigenvalue weighted by Gasteiger charge is 2.03. The lowest BCUT2D eigenvalue weighted by atomic mass is 10.1. The SMILES string of the molecule is CCOC(=O)C=CC=CCCCCCCCOc1cc(C)c2ccccc2n1. The summed E-state index contributed by atoms with van der Waals surface area (Å²) in [6.45, 7) is 5.02. The van der Waals surface area contributed by atoms with E-state index in [1.54, 1.807) is 13.0 Å². The van der Waals surface area contributed by atoms with Crippen molar-refractivity contribution < 1.29 is 14.3 Å². The van der Waals surface area contributed by atoms with Crippen LogP contribution in [0.2, 0.25) is 0 Å². The molecule has 0 unspecified atom stereocenters. The molecule has 150 valence electrons. The number of unbranched alkanes of at least 4 members (excludes halogenated alkanes) is 5. The number of hydrogen-bond acceptors (Lipinski definition) is 4. The molecule has 0 aliphatic carbocycles. The minimum Gasteiger partial charge on any atom is -0.478 e. The molecule has 0 bridgehead atoms. The van der Waals surface area contributed by atoms with Crippen LogP contribution >= 0.6 is 0 Å².